The van der Waals surface area contributed by atoms with Gasteiger partial charge >= 0.3 is 5.97 Å². The first kappa shape index (κ1) is 42.4. The molecule has 1 aromatic heterocycles. The monoisotopic (exact) mass is 827 g/mol. The molecule has 0 amide bonds. The second-order valence-corrected chi connectivity index (χ2v) is 15.0. The summed E-state index contributed by atoms with van der Waals surface area (Å²) in [7, 11) is 1.39. The molecule has 4 heterocycles. The van der Waals surface area contributed by atoms with Crippen LogP contribution in [0, 0.1) is 19.8 Å². The third-order valence-electron chi connectivity index (χ3n) is 10.9. The van der Waals surface area contributed by atoms with E-state index in [1.54, 1.807) is 30.6 Å². The molecule has 60 heavy (non-hydrogen) atoms. The fourth-order valence-corrected chi connectivity index (χ4v) is 7.87. The fraction of sp³-hybridized carbons (Fsp3) is 0.349. The highest BCUT2D eigenvalue weighted by molar-refractivity contribution is 6.08. The molecule has 4 aromatic rings. The summed E-state index contributed by atoms with van der Waals surface area (Å²) in [6, 6.07) is 14.7. The fourth-order valence-electron chi connectivity index (χ4n) is 7.87. The lowest BCUT2D eigenvalue weighted by molar-refractivity contribution is -1.07. The number of esters is 1. The molecule has 0 radical (unpaired) electrons. The van der Waals surface area contributed by atoms with Gasteiger partial charge in [-0.2, -0.15) is 9.90 Å². The number of carboxylic acids is 1. The minimum absolute atomic E-state index is 0.0281. The molecule has 316 valence electrons. The van der Waals surface area contributed by atoms with Gasteiger partial charge < -0.3 is 59.4 Å². The number of carboxylic acid groups (broad SMARTS) is 1. The van der Waals surface area contributed by atoms with Gasteiger partial charge in [-0.1, -0.05) is 29.3 Å². The van der Waals surface area contributed by atoms with E-state index in [1.807, 2.05) is 32.0 Å². The van der Waals surface area contributed by atoms with Crippen LogP contribution in [0.5, 0.6) is 11.5 Å². The van der Waals surface area contributed by atoms with E-state index in [4.69, 9.17) is 23.5 Å². The Bertz CT molecular complexity index is 2390. The van der Waals surface area contributed by atoms with Crippen molar-refractivity contribution in [3.8, 4) is 22.6 Å². The highest BCUT2D eigenvalue weighted by atomic mass is 16.8. The number of hydrogen-bond donors (Lipinski definition) is 7. The minimum atomic E-state index is -2.58. The van der Waals surface area contributed by atoms with Gasteiger partial charge in [0.2, 0.25) is 12.4 Å². The summed E-state index contributed by atoms with van der Waals surface area (Å²) in [5, 5.41) is 68.9. The number of aliphatic hydroxyl groups excluding tert-OH is 3. The number of aliphatic carboxylic acids is 1. The Hall–Kier alpha value is -5.76. The average Bonchev–Trinajstić information content (AvgIpc) is 3.81. The number of quaternary nitrogens is 1. The molecular weight excluding hydrogens is 782 g/mol. The zero-order valence-electron chi connectivity index (χ0n) is 32.8. The van der Waals surface area contributed by atoms with E-state index in [9.17, 15) is 45.0 Å². The van der Waals surface area contributed by atoms with Gasteiger partial charge in [-0.3, -0.25) is 14.6 Å². The first-order valence-corrected chi connectivity index (χ1v) is 19.2. The molecule has 3 aliphatic heterocycles. The minimum Gasteiger partial charge on any atom is -0.549 e. The van der Waals surface area contributed by atoms with Crippen LogP contribution >= 0.6 is 0 Å². The number of aryl methyl sites for hydroxylation is 2. The number of benzene rings is 3. The van der Waals surface area contributed by atoms with E-state index in [2.05, 4.69) is 10.3 Å². The number of aromatic hydroxyl groups is 1. The standard InChI is InChI=1S/C43H45N3O14/c1-22-14-23(2)16-26(15-22)36-35-25(10-12-45-35)18-46(36)60-38-39(51)43(55,21-48)33(20-57-41(54)34(40(52)53)31(44-3)11-13-47)59-42(38)58-28-8-9-29-32(17-28)56-19-30(37(29)50)24-4-6-27(49)7-5-24/h4-10,12,14-19,31,33-34,36,38-39,42,44,47-49,51,55H,11,13,20-21H2,1-3H3,(H,52,53)/t31-,33+,34+,36?,38-,39+,42+,43+/m1/s1. The maximum Gasteiger partial charge on any atom is 0.316 e. The van der Waals surface area contributed by atoms with Crippen LogP contribution in [0.4, 0.5) is 0 Å². The van der Waals surface area contributed by atoms with E-state index >= 15 is 0 Å². The molecule has 3 aliphatic rings. The molecule has 1 fully saturated rings. The van der Waals surface area contributed by atoms with Crippen molar-refractivity contribution in [1.82, 2.24) is 5.32 Å². The lowest BCUT2D eigenvalue weighted by Crippen LogP contribution is -3.08. The van der Waals surface area contributed by atoms with Crippen molar-refractivity contribution in [2.45, 2.75) is 62.6 Å². The first-order valence-electron chi connectivity index (χ1n) is 19.2. The second kappa shape index (κ2) is 17.5. The van der Waals surface area contributed by atoms with Gasteiger partial charge in [0.25, 0.3) is 0 Å². The number of ether oxygens (including phenoxy) is 3. The van der Waals surface area contributed by atoms with Crippen LogP contribution in [0.25, 0.3) is 22.1 Å². The summed E-state index contributed by atoms with van der Waals surface area (Å²) in [6.45, 7) is 1.44. The molecule has 0 spiro atoms. The SMILES string of the molecule is CN[C@H](CCO)[C@@H](C(=O)[O-])C(=O)OC[C@@H]1O[C@H](Oc2ccc3c(=O)c(-c4ccc(O)cc4)coc3c2)[C@H](O[NH+]2C=C3C=CN=C3C2c2cc(C)cc(C)c2)[C@H](O)[C@]1(O)CO. The molecule has 3 aromatic carbocycles. The average molecular weight is 828 g/mol. The molecule has 0 bridgehead atoms. The largest absolute Gasteiger partial charge is 0.549 e. The summed E-state index contributed by atoms with van der Waals surface area (Å²) in [4.78, 5) is 49.9. The van der Waals surface area contributed by atoms with Crippen molar-refractivity contribution in [2.24, 2.45) is 10.9 Å². The topological polar surface area (TPSA) is 254 Å². The van der Waals surface area contributed by atoms with Crippen LogP contribution in [0.1, 0.15) is 29.2 Å². The summed E-state index contributed by atoms with van der Waals surface area (Å²) in [5.74, 6) is -4.87. The molecule has 17 heteroatoms. The van der Waals surface area contributed by atoms with Gasteiger partial charge in [0, 0.05) is 30.5 Å². The van der Waals surface area contributed by atoms with Crippen molar-refractivity contribution in [1.29, 1.82) is 0 Å². The highest BCUT2D eigenvalue weighted by Gasteiger charge is 2.59. The van der Waals surface area contributed by atoms with Gasteiger partial charge in [-0.25, -0.2) is 0 Å². The molecule has 7 N–H and O–H groups in total. The Kier molecular flexibility index (Phi) is 12.3. The Morgan fingerprint density at radius 1 is 1.07 bits per heavy atom. The van der Waals surface area contributed by atoms with Crippen LogP contribution in [0.15, 0.2) is 105 Å². The quantitative estimate of drug-likeness (QED) is 0.0597. The highest BCUT2D eigenvalue weighted by Crippen LogP contribution is 2.35. The van der Waals surface area contributed by atoms with E-state index in [0.29, 0.717) is 16.3 Å². The van der Waals surface area contributed by atoms with Crippen LogP contribution in [0.3, 0.4) is 0 Å². The van der Waals surface area contributed by atoms with E-state index in [0.717, 1.165) is 22.3 Å². The van der Waals surface area contributed by atoms with Crippen molar-refractivity contribution in [3.05, 3.63) is 118 Å². The third kappa shape index (κ3) is 8.21. The van der Waals surface area contributed by atoms with Crippen LogP contribution in [0.2, 0.25) is 0 Å². The van der Waals surface area contributed by atoms with E-state index in [-0.39, 0.29) is 39.9 Å². The number of hydrogen-bond acceptors (Lipinski definition) is 16. The van der Waals surface area contributed by atoms with Gasteiger partial charge in [0.1, 0.15) is 65.6 Å². The number of fused-ring (bicyclic) bond motifs is 2. The van der Waals surface area contributed by atoms with E-state index < -0.39 is 80.0 Å². The second-order valence-electron chi connectivity index (χ2n) is 15.0. The number of phenolic OH excluding ortho intramolecular Hbond substituents is 1. The number of rotatable bonds is 15. The maximum atomic E-state index is 13.5. The number of carbonyl (C=O) groups excluding carboxylic acids is 2. The molecule has 2 unspecified atom stereocenters. The zero-order valence-corrected chi connectivity index (χ0v) is 32.8. The first-order chi connectivity index (χ1) is 28.8. The van der Waals surface area contributed by atoms with Gasteiger partial charge in [0.15, 0.2) is 11.5 Å². The lowest BCUT2D eigenvalue weighted by Gasteiger charge is -2.47. The normalized spacial score (nSPS) is 25.6. The Labute approximate surface area is 343 Å². The number of nitrogens with one attached hydrogen (secondary N) is 2. The number of phenols is 1. The number of hydroxylamine groups is 2. The number of nitrogens with zero attached hydrogens (tertiary/aromatic N) is 1. The predicted octanol–water partition coefficient (Wildman–Crippen LogP) is -0.358. The Balaban J connectivity index is 1.23. The summed E-state index contributed by atoms with van der Waals surface area (Å²) >= 11 is 0. The maximum absolute atomic E-state index is 13.5. The molecule has 0 aliphatic carbocycles. The number of aliphatic imine (C=N–C) groups is 1. The molecule has 17 nitrogen and oxygen atoms in total. The smallest absolute Gasteiger partial charge is 0.316 e. The van der Waals surface area contributed by atoms with Gasteiger partial charge in [0.05, 0.1) is 29.1 Å². The molecule has 9 atom stereocenters. The van der Waals surface area contributed by atoms with Crippen LogP contribution in [-0.2, 0) is 23.9 Å². The third-order valence-corrected chi connectivity index (χ3v) is 10.9. The number of aliphatic hydroxyl groups is 4. The summed E-state index contributed by atoms with van der Waals surface area (Å²) in [6.07, 6.45) is -0.632. The molecule has 0 saturated carbocycles. The zero-order chi connectivity index (χ0) is 42.9. The Morgan fingerprint density at radius 3 is 2.47 bits per heavy atom. The predicted molar refractivity (Wildman–Crippen MR) is 210 cm³/mol. The number of carbonyl (C=O) groups is 2. The van der Waals surface area contributed by atoms with Crippen molar-refractivity contribution >= 4 is 28.6 Å². The number of allylic oxidation sites excluding steroid dienone is 1. The van der Waals surface area contributed by atoms with Crippen LogP contribution < -0.4 is 25.7 Å². The summed E-state index contributed by atoms with van der Waals surface area (Å²) in [5.41, 5.74) is 2.16. The summed E-state index contributed by atoms with van der Waals surface area (Å²) < 4.78 is 23.7. The lowest BCUT2D eigenvalue weighted by atomic mass is 9.85. The van der Waals surface area contributed by atoms with Gasteiger partial charge in [-0.15, -0.1) is 0 Å². The Morgan fingerprint density at radius 2 is 1.80 bits per heavy atom. The van der Waals surface area contributed by atoms with Crippen molar-refractivity contribution in [2.75, 3.05) is 26.9 Å². The molecule has 7 rings (SSSR count). The van der Waals surface area contributed by atoms with Crippen LogP contribution in [-0.4, -0.2) is 106 Å². The molecular formula is C43H45N3O14. The van der Waals surface area contributed by atoms with Crippen molar-refractivity contribution in [3.63, 3.8) is 0 Å². The molecule has 1 saturated heterocycles. The van der Waals surface area contributed by atoms with Crippen molar-refractivity contribution < 1.29 is 68.8 Å². The van der Waals surface area contributed by atoms with Gasteiger partial charge in [-0.05, 0) is 75.4 Å². The van der Waals surface area contributed by atoms with E-state index in [1.165, 1.54) is 43.6 Å².